The third-order valence-corrected chi connectivity index (χ3v) is 6.56. The standard InChI is InChI=1S/C16H14BrN3O4S3/c1-24-13-4-3-10(6-11(13)20-27(2,22)23)18-15(21)12-8-26-16(19-12)14-5-9(17)7-25-14/h3-8,20H,1-2H3,(H,18,21). The minimum atomic E-state index is -3.49. The summed E-state index contributed by atoms with van der Waals surface area (Å²) >= 11 is 6.31. The Hall–Kier alpha value is -1.95. The molecule has 2 aromatic heterocycles. The molecule has 0 aliphatic carbocycles. The van der Waals surface area contributed by atoms with Gasteiger partial charge in [0.05, 0.1) is 23.9 Å². The molecule has 7 nitrogen and oxygen atoms in total. The summed E-state index contributed by atoms with van der Waals surface area (Å²) in [5.74, 6) is -0.0405. The van der Waals surface area contributed by atoms with Crippen molar-refractivity contribution in [2.75, 3.05) is 23.4 Å². The highest BCUT2D eigenvalue weighted by Crippen LogP contribution is 2.32. The lowest BCUT2D eigenvalue weighted by Crippen LogP contribution is -2.14. The van der Waals surface area contributed by atoms with E-state index in [0.717, 1.165) is 20.6 Å². The van der Waals surface area contributed by atoms with E-state index in [1.165, 1.54) is 35.8 Å². The van der Waals surface area contributed by atoms with Gasteiger partial charge in [-0.1, -0.05) is 0 Å². The Balaban J connectivity index is 1.80. The molecule has 3 aromatic rings. The summed E-state index contributed by atoms with van der Waals surface area (Å²) in [7, 11) is -2.06. The molecule has 2 N–H and O–H groups in total. The maximum absolute atomic E-state index is 12.5. The number of nitrogens with one attached hydrogen (secondary N) is 2. The van der Waals surface area contributed by atoms with Gasteiger partial charge in [-0.2, -0.15) is 0 Å². The summed E-state index contributed by atoms with van der Waals surface area (Å²) in [6.07, 6.45) is 1.04. The van der Waals surface area contributed by atoms with E-state index in [-0.39, 0.29) is 17.3 Å². The normalized spacial score (nSPS) is 11.2. The van der Waals surface area contributed by atoms with Gasteiger partial charge in [0.25, 0.3) is 5.91 Å². The van der Waals surface area contributed by atoms with Crippen LogP contribution in [0.3, 0.4) is 0 Å². The first kappa shape index (κ1) is 19.8. The molecule has 0 unspecified atom stereocenters. The highest BCUT2D eigenvalue weighted by Gasteiger charge is 2.15. The molecular formula is C16H14BrN3O4S3. The van der Waals surface area contributed by atoms with E-state index in [9.17, 15) is 13.2 Å². The Morgan fingerprint density at radius 1 is 1.22 bits per heavy atom. The Labute approximate surface area is 172 Å². The average molecular weight is 488 g/mol. The zero-order chi connectivity index (χ0) is 19.6. The highest BCUT2D eigenvalue weighted by molar-refractivity contribution is 9.10. The molecule has 1 amide bonds. The van der Waals surface area contributed by atoms with Crippen LogP contribution in [0.2, 0.25) is 0 Å². The topological polar surface area (TPSA) is 97.4 Å². The van der Waals surface area contributed by atoms with Gasteiger partial charge in [-0.15, -0.1) is 22.7 Å². The third-order valence-electron chi connectivity index (χ3n) is 3.27. The fourth-order valence-corrected chi connectivity index (χ4v) is 5.04. The maximum Gasteiger partial charge on any atom is 0.275 e. The molecule has 0 atom stereocenters. The maximum atomic E-state index is 12.5. The molecule has 0 bridgehead atoms. The van der Waals surface area contributed by atoms with Crippen molar-refractivity contribution < 1.29 is 17.9 Å². The van der Waals surface area contributed by atoms with Gasteiger partial charge < -0.3 is 10.1 Å². The lowest BCUT2D eigenvalue weighted by Gasteiger charge is -2.12. The predicted octanol–water partition coefficient (Wildman–Crippen LogP) is 4.27. The number of thiophene rings is 1. The number of carbonyl (C=O) groups is 1. The molecular weight excluding hydrogens is 474 g/mol. The predicted molar refractivity (Wildman–Crippen MR) is 113 cm³/mol. The number of nitrogens with zero attached hydrogens (tertiary/aromatic N) is 1. The van der Waals surface area contributed by atoms with Gasteiger partial charge in [0.15, 0.2) is 0 Å². The minimum absolute atomic E-state index is 0.236. The SMILES string of the molecule is COc1ccc(NC(=O)c2csc(-c3cc(Br)cs3)n2)cc1NS(C)(=O)=O. The second kappa shape index (κ2) is 7.97. The molecule has 2 heterocycles. The molecule has 0 fully saturated rings. The van der Waals surface area contributed by atoms with Crippen molar-refractivity contribution in [3.8, 4) is 15.6 Å². The quantitative estimate of drug-likeness (QED) is 0.540. The molecule has 0 spiro atoms. The van der Waals surface area contributed by atoms with Crippen molar-refractivity contribution in [3.63, 3.8) is 0 Å². The average Bonchev–Trinajstić information content (AvgIpc) is 3.22. The zero-order valence-electron chi connectivity index (χ0n) is 14.1. The molecule has 0 aliphatic heterocycles. The number of anilines is 2. The molecule has 3 rings (SSSR count). The Bertz CT molecular complexity index is 1090. The van der Waals surface area contributed by atoms with Crippen LogP contribution in [-0.4, -0.2) is 32.7 Å². The lowest BCUT2D eigenvalue weighted by molar-refractivity contribution is 0.102. The summed E-state index contributed by atoms with van der Waals surface area (Å²) in [6.45, 7) is 0. The third kappa shape index (κ3) is 5.06. The van der Waals surface area contributed by atoms with E-state index in [1.54, 1.807) is 17.5 Å². The lowest BCUT2D eigenvalue weighted by atomic mass is 10.2. The Kier molecular flexibility index (Phi) is 5.84. The van der Waals surface area contributed by atoms with Crippen LogP contribution in [0.4, 0.5) is 11.4 Å². The van der Waals surface area contributed by atoms with Gasteiger partial charge in [0, 0.05) is 20.9 Å². The van der Waals surface area contributed by atoms with Crippen molar-refractivity contribution >= 4 is 65.9 Å². The summed E-state index contributed by atoms with van der Waals surface area (Å²) in [4.78, 5) is 17.8. The van der Waals surface area contributed by atoms with E-state index in [1.807, 2.05) is 11.4 Å². The van der Waals surface area contributed by atoms with Crippen LogP contribution in [0.15, 0.2) is 39.5 Å². The first-order valence-corrected chi connectivity index (χ1v) is 11.9. The molecule has 1 aromatic carbocycles. The number of benzene rings is 1. The number of sulfonamides is 1. The number of thiazole rings is 1. The van der Waals surface area contributed by atoms with Crippen LogP contribution in [0.1, 0.15) is 10.5 Å². The van der Waals surface area contributed by atoms with E-state index in [2.05, 4.69) is 31.0 Å². The van der Waals surface area contributed by atoms with Crippen LogP contribution < -0.4 is 14.8 Å². The Morgan fingerprint density at radius 3 is 2.63 bits per heavy atom. The molecule has 11 heteroatoms. The minimum Gasteiger partial charge on any atom is -0.495 e. The van der Waals surface area contributed by atoms with Crippen LogP contribution >= 0.6 is 38.6 Å². The van der Waals surface area contributed by atoms with Crippen LogP contribution in [0.5, 0.6) is 5.75 Å². The first-order valence-electron chi connectivity index (χ1n) is 7.42. The molecule has 27 heavy (non-hydrogen) atoms. The first-order chi connectivity index (χ1) is 12.7. The monoisotopic (exact) mass is 487 g/mol. The van der Waals surface area contributed by atoms with Crippen molar-refractivity contribution in [3.05, 3.63) is 45.2 Å². The fourth-order valence-electron chi connectivity index (χ4n) is 2.18. The number of halogens is 1. The molecule has 0 aliphatic rings. The summed E-state index contributed by atoms with van der Waals surface area (Å²) in [6, 6.07) is 6.62. The summed E-state index contributed by atoms with van der Waals surface area (Å²) in [5, 5.41) is 7.10. The number of methoxy groups -OCH3 is 1. The second-order valence-corrected chi connectivity index (χ2v) is 9.84. The van der Waals surface area contributed by atoms with Crippen molar-refractivity contribution in [1.29, 1.82) is 0 Å². The number of hydrogen-bond acceptors (Lipinski definition) is 7. The number of ether oxygens (including phenoxy) is 1. The van der Waals surface area contributed by atoms with Crippen LogP contribution in [0, 0.1) is 0 Å². The van der Waals surface area contributed by atoms with E-state index >= 15 is 0 Å². The number of aromatic nitrogens is 1. The van der Waals surface area contributed by atoms with Gasteiger partial charge in [-0.25, -0.2) is 13.4 Å². The van der Waals surface area contributed by atoms with Gasteiger partial charge in [-0.3, -0.25) is 9.52 Å². The molecule has 0 radical (unpaired) electrons. The number of amides is 1. The van der Waals surface area contributed by atoms with E-state index < -0.39 is 10.0 Å². The highest BCUT2D eigenvalue weighted by atomic mass is 79.9. The number of hydrogen-bond donors (Lipinski definition) is 2. The van der Waals surface area contributed by atoms with E-state index in [4.69, 9.17) is 4.74 Å². The summed E-state index contributed by atoms with van der Waals surface area (Å²) < 4.78 is 31.5. The molecule has 0 saturated carbocycles. The van der Waals surface area contributed by atoms with Crippen molar-refractivity contribution in [2.45, 2.75) is 0 Å². The smallest absolute Gasteiger partial charge is 0.275 e. The van der Waals surface area contributed by atoms with Gasteiger partial charge in [-0.05, 0) is 40.2 Å². The fraction of sp³-hybridized carbons (Fsp3) is 0.125. The van der Waals surface area contributed by atoms with Gasteiger partial charge in [0.1, 0.15) is 16.5 Å². The van der Waals surface area contributed by atoms with Gasteiger partial charge >= 0.3 is 0 Å². The second-order valence-electron chi connectivity index (χ2n) is 5.41. The molecule has 142 valence electrons. The Morgan fingerprint density at radius 2 is 2.00 bits per heavy atom. The number of carbonyl (C=O) groups excluding carboxylic acids is 1. The number of rotatable bonds is 6. The van der Waals surface area contributed by atoms with Crippen LogP contribution in [-0.2, 0) is 10.0 Å². The van der Waals surface area contributed by atoms with E-state index in [0.29, 0.717) is 11.4 Å². The zero-order valence-corrected chi connectivity index (χ0v) is 18.2. The van der Waals surface area contributed by atoms with Crippen molar-refractivity contribution in [2.24, 2.45) is 0 Å². The van der Waals surface area contributed by atoms with Crippen LogP contribution in [0.25, 0.3) is 9.88 Å². The largest absolute Gasteiger partial charge is 0.495 e. The van der Waals surface area contributed by atoms with Crippen molar-refractivity contribution in [1.82, 2.24) is 4.98 Å². The molecule has 0 saturated heterocycles. The summed E-state index contributed by atoms with van der Waals surface area (Å²) in [5.41, 5.74) is 0.938. The van der Waals surface area contributed by atoms with Gasteiger partial charge in [0.2, 0.25) is 10.0 Å².